The number of fused-ring (bicyclic) bond motifs is 1. The predicted octanol–water partition coefficient (Wildman–Crippen LogP) is 4.71. The van der Waals surface area contributed by atoms with Gasteiger partial charge in [-0.05, 0) is 41.5 Å². The Hall–Kier alpha value is -1.30. The summed E-state index contributed by atoms with van der Waals surface area (Å²) < 4.78 is 0. The first-order valence-corrected chi connectivity index (χ1v) is 5.75. The van der Waals surface area contributed by atoms with E-state index in [1.165, 1.54) is 35.1 Å². The van der Waals surface area contributed by atoms with Crippen LogP contribution in [-0.2, 0) is 6.42 Å². The van der Waals surface area contributed by atoms with Gasteiger partial charge in [0.25, 0.3) is 0 Å². The second-order valence-corrected chi connectivity index (χ2v) is 3.54. The molecule has 0 aromatic heterocycles. The van der Waals surface area contributed by atoms with Gasteiger partial charge in [-0.2, -0.15) is 0 Å². The molecule has 80 valence electrons. The van der Waals surface area contributed by atoms with Crippen LogP contribution in [0.3, 0.4) is 0 Å². The third-order valence-electron chi connectivity index (χ3n) is 2.68. The Morgan fingerprint density at radius 1 is 1.20 bits per heavy atom. The van der Waals surface area contributed by atoms with Gasteiger partial charge >= 0.3 is 0 Å². The highest BCUT2D eigenvalue weighted by Gasteiger charge is 2.13. The Bertz CT molecular complexity index is 358. The van der Waals surface area contributed by atoms with Crippen molar-refractivity contribution in [3.63, 3.8) is 0 Å². The minimum Gasteiger partial charge on any atom is -0.0984 e. The van der Waals surface area contributed by atoms with E-state index in [4.69, 9.17) is 0 Å². The number of rotatable bonds is 1. The minimum absolute atomic E-state index is 1.14. The number of hydrogen-bond acceptors (Lipinski definition) is 0. The van der Waals surface area contributed by atoms with Crippen molar-refractivity contribution in [3.8, 4) is 0 Å². The lowest BCUT2D eigenvalue weighted by atomic mass is 9.85. The van der Waals surface area contributed by atoms with Gasteiger partial charge < -0.3 is 0 Å². The van der Waals surface area contributed by atoms with Crippen molar-refractivity contribution in [2.45, 2.75) is 33.1 Å². The summed E-state index contributed by atoms with van der Waals surface area (Å²) in [5.74, 6) is 0. The smallest absolute Gasteiger partial charge is 0.0126 e. The van der Waals surface area contributed by atoms with Crippen LogP contribution in [0.2, 0.25) is 0 Å². The van der Waals surface area contributed by atoms with Gasteiger partial charge in [0.05, 0.1) is 0 Å². The van der Waals surface area contributed by atoms with E-state index in [0.717, 1.165) is 6.42 Å². The molecule has 15 heavy (non-hydrogen) atoms. The largest absolute Gasteiger partial charge is 0.0984 e. The van der Waals surface area contributed by atoms with Crippen molar-refractivity contribution in [2.75, 3.05) is 0 Å². The lowest BCUT2D eigenvalue weighted by molar-refractivity contribution is 0.823. The highest BCUT2D eigenvalue weighted by atomic mass is 14.2. The number of allylic oxidation sites excluding steroid dienone is 1. The summed E-state index contributed by atoms with van der Waals surface area (Å²) in [5.41, 5.74) is 5.30. The Morgan fingerprint density at radius 3 is 2.60 bits per heavy atom. The molecular formula is C15H20. The molecule has 0 heteroatoms. The third kappa shape index (κ3) is 2.38. The van der Waals surface area contributed by atoms with Gasteiger partial charge in [-0.3, -0.25) is 0 Å². The molecule has 1 aliphatic rings. The molecule has 0 spiro atoms. The molecule has 0 saturated carbocycles. The maximum atomic E-state index is 4.12. The van der Waals surface area contributed by atoms with Crippen LogP contribution in [0.25, 0.3) is 11.6 Å². The fourth-order valence-electron chi connectivity index (χ4n) is 2.05. The Balaban J connectivity index is 0.000000531. The summed E-state index contributed by atoms with van der Waals surface area (Å²) >= 11 is 0. The Labute approximate surface area is 93.3 Å². The zero-order valence-corrected chi connectivity index (χ0v) is 9.84. The molecule has 1 aromatic rings. The van der Waals surface area contributed by atoms with E-state index in [1.54, 1.807) is 0 Å². The molecule has 0 fully saturated rings. The molecule has 0 bridgehead atoms. The van der Waals surface area contributed by atoms with Crippen LogP contribution in [0, 0.1) is 0 Å². The van der Waals surface area contributed by atoms with Crippen molar-refractivity contribution in [1.82, 2.24) is 0 Å². The molecule has 0 aliphatic heterocycles. The molecule has 0 unspecified atom stereocenters. The summed E-state index contributed by atoms with van der Waals surface area (Å²) in [7, 11) is 0. The quantitative estimate of drug-likeness (QED) is 0.616. The fourth-order valence-corrected chi connectivity index (χ4v) is 2.05. The van der Waals surface area contributed by atoms with Crippen LogP contribution in [0.4, 0.5) is 0 Å². The zero-order valence-electron chi connectivity index (χ0n) is 9.84. The van der Waals surface area contributed by atoms with E-state index < -0.39 is 0 Å². The van der Waals surface area contributed by atoms with Crippen LogP contribution in [0.1, 0.15) is 43.4 Å². The number of benzene rings is 1. The molecule has 1 aliphatic carbocycles. The van der Waals surface area contributed by atoms with E-state index in [9.17, 15) is 0 Å². The molecule has 0 atom stereocenters. The molecule has 0 heterocycles. The molecule has 0 saturated heterocycles. The Kier molecular flexibility index (Phi) is 4.36. The monoisotopic (exact) mass is 200 g/mol. The second kappa shape index (κ2) is 5.55. The molecule has 0 amide bonds. The maximum Gasteiger partial charge on any atom is -0.0126 e. The molecule has 0 radical (unpaired) electrons. The minimum atomic E-state index is 1.14. The van der Waals surface area contributed by atoms with E-state index in [1.807, 2.05) is 19.9 Å². The van der Waals surface area contributed by atoms with Gasteiger partial charge in [0, 0.05) is 0 Å². The summed E-state index contributed by atoms with van der Waals surface area (Å²) in [6, 6.07) is 6.42. The van der Waals surface area contributed by atoms with E-state index in [0.29, 0.717) is 0 Å². The van der Waals surface area contributed by atoms with Crippen LogP contribution in [0.5, 0.6) is 0 Å². The first-order chi connectivity index (χ1) is 7.33. The second-order valence-electron chi connectivity index (χ2n) is 3.54. The lowest BCUT2D eigenvalue weighted by Gasteiger charge is -2.20. The topological polar surface area (TPSA) is 0 Å². The number of hydrogen-bond donors (Lipinski definition) is 0. The standard InChI is InChI=1S/C13H14.C2H6/c1-3-11-7-5-9-12-8-4-6-10(2)13(11)12;1-2/h3,5,7,9H,1-2,4,6,8H2;1-2H3. The van der Waals surface area contributed by atoms with E-state index >= 15 is 0 Å². The van der Waals surface area contributed by atoms with Crippen molar-refractivity contribution in [3.05, 3.63) is 48.0 Å². The highest BCUT2D eigenvalue weighted by molar-refractivity contribution is 5.76. The summed E-state index contributed by atoms with van der Waals surface area (Å²) in [5, 5.41) is 0. The highest BCUT2D eigenvalue weighted by Crippen LogP contribution is 2.32. The van der Waals surface area contributed by atoms with Crippen molar-refractivity contribution in [2.24, 2.45) is 0 Å². The van der Waals surface area contributed by atoms with E-state index in [2.05, 4.69) is 31.4 Å². The fraction of sp³-hybridized carbons (Fsp3) is 0.333. The normalized spacial score (nSPS) is 13.6. The van der Waals surface area contributed by atoms with Crippen molar-refractivity contribution < 1.29 is 0 Å². The molecule has 0 N–H and O–H groups in total. The van der Waals surface area contributed by atoms with E-state index in [-0.39, 0.29) is 0 Å². The molecule has 2 rings (SSSR count). The van der Waals surface area contributed by atoms with Gasteiger partial charge in [-0.1, -0.05) is 51.3 Å². The summed E-state index contributed by atoms with van der Waals surface area (Å²) in [6.45, 7) is 11.9. The first kappa shape index (κ1) is 11.8. The van der Waals surface area contributed by atoms with Crippen LogP contribution < -0.4 is 0 Å². The van der Waals surface area contributed by atoms with Gasteiger partial charge in [0.15, 0.2) is 0 Å². The Morgan fingerprint density at radius 2 is 1.93 bits per heavy atom. The van der Waals surface area contributed by atoms with Gasteiger partial charge in [0.1, 0.15) is 0 Å². The van der Waals surface area contributed by atoms with Crippen molar-refractivity contribution in [1.29, 1.82) is 0 Å². The van der Waals surface area contributed by atoms with Crippen molar-refractivity contribution >= 4 is 11.6 Å². The summed E-state index contributed by atoms with van der Waals surface area (Å²) in [6.07, 6.45) is 5.50. The molecule has 0 nitrogen and oxygen atoms in total. The van der Waals surface area contributed by atoms with Crippen LogP contribution >= 0.6 is 0 Å². The average Bonchev–Trinajstić information content (AvgIpc) is 2.31. The first-order valence-electron chi connectivity index (χ1n) is 5.75. The van der Waals surface area contributed by atoms with Gasteiger partial charge in [0.2, 0.25) is 0 Å². The van der Waals surface area contributed by atoms with Crippen LogP contribution in [0.15, 0.2) is 31.4 Å². The van der Waals surface area contributed by atoms with Gasteiger partial charge in [-0.15, -0.1) is 0 Å². The molecule has 1 aromatic carbocycles. The predicted molar refractivity (Wildman–Crippen MR) is 69.9 cm³/mol. The third-order valence-corrected chi connectivity index (χ3v) is 2.68. The van der Waals surface area contributed by atoms with Gasteiger partial charge in [-0.25, -0.2) is 0 Å². The maximum absolute atomic E-state index is 4.12. The SMILES string of the molecule is C=Cc1cccc2c1C(=C)CCC2.CC. The zero-order chi connectivity index (χ0) is 11.3. The average molecular weight is 200 g/mol. The van der Waals surface area contributed by atoms with Crippen LogP contribution in [-0.4, -0.2) is 0 Å². The lowest BCUT2D eigenvalue weighted by Crippen LogP contribution is -2.02. The summed E-state index contributed by atoms with van der Waals surface area (Å²) in [4.78, 5) is 0. The number of aryl methyl sites for hydroxylation is 1. The molecular weight excluding hydrogens is 180 g/mol.